The molecule has 0 aliphatic heterocycles. The number of aliphatic hydroxyl groups is 1. The number of ether oxygens (including phenoxy) is 1. The molecular weight excluding hydrogens is 454 g/mol. The molecule has 8 nitrogen and oxygen atoms in total. The fourth-order valence-corrected chi connectivity index (χ4v) is 4.23. The van der Waals surface area contributed by atoms with Gasteiger partial charge in [-0.1, -0.05) is 64.8 Å². The van der Waals surface area contributed by atoms with Crippen LogP contribution in [-0.4, -0.2) is 54.7 Å². The van der Waals surface area contributed by atoms with Gasteiger partial charge in [0.1, 0.15) is 6.08 Å². The van der Waals surface area contributed by atoms with Crippen molar-refractivity contribution < 1.29 is 35.7 Å². The largest absolute Gasteiger partial charge is 0.595 e. The predicted octanol–water partition coefficient (Wildman–Crippen LogP) is 2.42. The van der Waals surface area contributed by atoms with Crippen LogP contribution in [-0.2, 0) is 21.2 Å². The third-order valence-corrected chi connectivity index (χ3v) is 6.14. The van der Waals surface area contributed by atoms with E-state index in [1.807, 2.05) is 0 Å². The summed E-state index contributed by atoms with van der Waals surface area (Å²) in [6.07, 6.45) is -3.32. The van der Waals surface area contributed by atoms with Crippen LogP contribution >= 0.6 is 0 Å². The summed E-state index contributed by atoms with van der Waals surface area (Å²) < 4.78 is 105. The summed E-state index contributed by atoms with van der Waals surface area (Å²) in [6, 6.07) is 11.1. The molecule has 0 unspecified atom stereocenters. The average Bonchev–Trinajstić information content (AvgIpc) is 2.84. The molecule has 0 radical (unpaired) electrons. The molecule has 0 aromatic heterocycles. The SMILES string of the molecule is [2H]C([2H])([2H])C([2H])(C([2H])([2H])[2H])C([2H])([2H])N(C[C@@H](O)[C@H](Cc1ccccc1)N=C([O-])OC(C)(C)C)S(=O)(=O)c1ccc(N)cc1. The van der Waals surface area contributed by atoms with Gasteiger partial charge >= 0.3 is 0 Å². The Bertz CT molecular complexity index is 1350. The smallest absolute Gasteiger partial charge is 0.243 e. The van der Waals surface area contributed by atoms with Crippen LogP contribution in [0.2, 0.25) is 0 Å². The normalized spacial score (nSPS) is 20.3. The molecule has 0 heterocycles. The summed E-state index contributed by atoms with van der Waals surface area (Å²) in [4.78, 5) is 3.25. The number of hydrogen-bond acceptors (Lipinski definition) is 7. The van der Waals surface area contributed by atoms with Crippen molar-refractivity contribution in [1.29, 1.82) is 0 Å². The van der Waals surface area contributed by atoms with Crippen molar-refractivity contribution >= 4 is 21.8 Å². The third kappa shape index (κ3) is 8.62. The number of hydrogen-bond donors (Lipinski definition) is 2. The zero-order valence-corrected chi connectivity index (χ0v) is 20.0. The van der Waals surface area contributed by atoms with Crippen molar-refractivity contribution in [2.75, 3.05) is 18.8 Å². The Morgan fingerprint density at radius 2 is 1.85 bits per heavy atom. The number of sulfonamides is 1. The molecule has 0 saturated carbocycles. The molecule has 0 spiro atoms. The lowest BCUT2D eigenvalue weighted by Crippen LogP contribution is -2.45. The minimum Gasteiger partial charge on any atom is -0.595 e. The van der Waals surface area contributed by atoms with Crippen LogP contribution in [0, 0.1) is 5.89 Å². The summed E-state index contributed by atoms with van der Waals surface area (Å²) in [5.74, 6) is -4.04. The predicted molar refractivity (Wildman–Crippen MR) is 133 cm³/mol. The molecule has 0 aliphatic carbocycles. The first-order valence-electron chi connectivity index (χ1n) is 14.9. The van der Waals surface area contributed by atoms with Gasteiger partial charge in [-0.3, -0.25) is 4.99 Å². The average molecular weight is 500 g/mol. The molecule has 0 fully saturated rings. The van der Waals surface area contributed by atoms with Crippen LogP contribution in [0.25, 0.3) is 0 Å². The van der Waals surface area contributed by atoms with Crippen LogP contribution in [0.15, 0.2) is 64.5 Å². The minimum atomic E-state index is -5.17. The maximum absolute atomic E-state index is 13.9. The maximum Gasteiger partial charge on any atom is 0.243 e. The molecule has 188 valence electrons. The van der Waals surface area contributed by atoms with Gasteiger partial charge in [-0.05, 0) is 42.1 Å². The second-order valence-electron chi connectivity index (χ2n) is 8.53. The molecule has 0 aliphatic rings. The zero-order chi connectivity index (χ0) is 33.2. The van der Waals surface area contributed by atoms with Gasteiger partial charge in [0.2, 0.25) is 10.0 Å². The van der Waals surface area contributed by atoms with E-state index in [1.165, 1.54) is 0 Å². The standard InChI is InChI=1S/C25H37N3O5S/c1-18(2)16-28(34(31,32)21-13-11-20(26)12-14-21)17-23(29)22(15-19-9-7-6-8-10-19)27-24(30)33-25(3,4)5/h6-14,18,22-23,29H,15-17,26H2,1-5H3,(H,27,30)/p-1/t22-,23+/m0/s1/i1D3,2D3,16D2,18D. The fraction of sp³-hybridized carbons (Fsp3) is 0.480. The first-order valence-corrected chi connectivity index (χ1v) is 11.8. The topological polar surface area (TPSA) is 128 Å². The first-order chi connectivity index (χ1) is 19.3. The molecule has 2 aromatic rings. The van der Waals surface area contributed by atoms with Crippen LogP contribution in [0.4, 0.5) is 5.69 Å². The van der Waals surface area contributed by atoms with E-state index in [0.29, 0.717) is 5.56 Å². The number of rotatable bonds is 10. The highest BCUT2D eigenvalue weighted by molar-refractivity contribution is 7.89. The van der Waals surface area contributed by atoms with E-state index in [9.17, 15) is 18.6 Å². The van der Waals surface area contributed by atoms with Gasteiger partial charge < -0.3 is 20.7 Å². The van der Waals surface area contributed by atoms with Gasteiger partial charge in [0.15, 0.2) is 0 Å². The number of aliphatic hydroxyl groups excluding tert-OH is 1. The molecule has 9 heteroatoms. The summed E-state index contributed by atoms with van der Waals surface area (Å²) in [5.41, 5.74) is 5.32. The highest BCUT2D eigenvalue weighted by Crippen LogP contribution is 2.21. The van der Waals surface area contributed by atoms with Crippen LogP contribution in [0.5, 0.6) is 0 Å². The van der Waals surface area contributed by atoms with E-state index in [1.54, 1.807) is 51.1 Å². The molecule has 2 atom stereocenters. The van der Waals surface area contributed by atoms with Crippen LogP contribution < -0.4 is 10.8 Å². The van der Waals surface area contributed by atoms with Crippen molar-refractivity contribution in [2.24, 2.45) is 10.9 Å². The highest BCUT2D eigenvalue weighted by atomic mass is 32.2. The second kappa shape index (κ2) is 11.7. The monoisotopic (exact) mass is 499 g/mol. The lowest BCUT2D eigenvalue weighted by atomic mass is 10.0. The molecule has 2 rings (SSSR count). The Kier molecular flexibility index (Phi) is 5.81. The number of aliphatic imine (C=N–C) groups is 1. The van der Waals surface area contributed by atoms with Gasteiger partial charge in [0.05, 0.1) is 17.0 Å². The molecule has 0 saturated heterocycles. The Morgan fingerprint density at radius 3 is 2.41 bits per heavy atom. The van der Waals surface area contributed by atoms with Crippen molar-refractivity contribution in [3.05, 3.63) is 60.2 Å². The molecule has 0 bridgehead atoms. The Hall–Kier alpha value is -2.62. The quantitative estimate of drug-likeness (QED) is 0.293. The Labute approximate surface area is 215 Å². The van der Waals surface area contributed by atoms with E-state index in [-0.39, 0.29) is 16.4 Å². The molecule has 2 aromatic carbocycles. The zero-order valence-electron chi connectivity index (χ0n) is 28.2. The maximum atomic E-state index is 13.9. The van der Waals surface area contributed by atoms with E-state index in [2.05, 4.69) is 4.99 Å². The van der Waals surface area contributed by atoms with Crippen LogP contribution in [0.3, 0.4) is 0 Å². The van der Waals surface area contributed by atoms with Crippen LogP contribution in [0.1, 0.15) is 52.4 Å². The lowest BCUT2D eigenvalue weighted by molar-refractivity contribution is -0.261. The molecule has 34 heavy (non-hydrogen) atoms. The van der Waals surface area contributed by atoms with E-state index >= 15 is 0 Å². The summed E-state index contributed by atoms with van der Waals surface area (Å²) in [7, 11) is -5.17. The van der Waals surface area contributed by atoms with Gasteiger partial charge in [-0.15, -0.1) is 0 Å². The lowest BCUT2D eigenvalue weighted by Gasteiger charge is -2.32. The van der Waals surface area contributed by atoms with E-state index in [4.69, 9.17) is 22.8 Å². The molecule has 0 amide bonds. The van der Waals surface area contributed by atoms with Gasteiger partial charge in [0.25, 0.3) is 0 Å². The number of anilines is 1. The van der Waals surface area contributed by atoms with E-state index in [0.717, 1.165) is 24.3 Å². The van der Waals surface area contributed by atoms with E-state index < -0.39 is 71.4 Å². The summed E-state index contributed by atoms with van der Waals surface area (Å²) in [6.45, 7) is -8.36. The van der Waals surface area contributed by atoms with Crippen molar-refractivity contribution in [1.82, 2.24) is 4.31 Å². The number of nitrogens with two attached hydrogens (primary N) is 1. The minimum absolute atomic E-state index is 0.132. The summed E-state index contributed by atoms with van der Waals surface area (Å²) >= 11 is 0. The Balaban J connectivity index is 2.77. The number of benzene rings is 2. The van der Waals surface area contributed by atoms with Gasteiger partial charge in [-0.2, -0.15) is 4.31 Å². The van der Waals surface area contributed by atoms with Crippen molar-refractivity contribution in [3.8, 4) is 0 Å². The third-order valence-electron chi connectivity index (χ3n) is 4.45. The second-order valence-corrected chi connectivity index (χ2v) is 10.4. The fourth-order valence-electron chi connectivity index (χ4n) is 2.93. The molecular formula is C25H36N3O5S-. The van der Waals surface area contributed by atoms with Crippen molar-refractivity contribution in [3.63, 3.8) is 0 Å². The van der Waals surface area contributed by atoms with Gasteiger partial charge in [-0.25, -0.2) is 8.42 Å². The van der Waals surface area contributed by atoms with Crippen molar-refractivity contribution in [2.45, 2.75) is 63.5 Å². The number of nitrogens with zero attached hydrogens (tertiary/aromatic N) is 2. The molecule has 3 N–H and O–H groups in total. The number of nitrogen functional groups attached to an aromatic ring is 1. The highest BCUT2D eigenvalue weighted by Gasteiger charge is 2.30. The summed E-state index contributed by atoms with van der Waals surface area (Å²) in [5, 5.41) is 24.0. The Morgan fingerprint density at radius 1 is 1.24 bits per heavy atom. The van der Waals surface area contributed by atoms with Gasteiger partial charge in [0, 0.05) is 36.7 Å². The first kappa shape index (κ1) is 16.9.